The SMILES string of the molecule is NC1(c2ccc3oc4ccccc4c3c2)CC1. The number of benzene rings is 2. The van der Waals surface area contributed by atoms with E-state index < -0.39 is 0 Å². The van der Waals surface area contributed by atoms with E-state index in [0.717, 1.165) is 24.0 Å². The Morgan fingerprint density at radius 2 is 1.71 bits per heavy atom. The minimum atomic E-state index is -0.0768. The van der Waals surface area contributed by atoms with E-state index in [0.29, 0.717) is 0 Å². The predicted octanol–water partition coefficient (Wildman–Crippen LogP) is 3.53. The van der Waals surface area contributed by atoms with Crippen molar-refractivity contribution in [2.45, 2.75) is 18.4 Å². The van der Waals surface area contributed by atoms with Gasteiger partial charge in [-0.1, -0.05) is 24.3 Å². The standard InChI is InChI=1S/C15H13NO/c16-15(7-8-15)10-5-6-14-12(9-10)11-3-1-2-4-13(11)17-14/h1-6,9H,7-8,16H2. The Labute approximate surface area is 99.0 Å². The van der Waals surface area contributed by atoms with Crippen LogP contribution < -0.4 is 5.73 Å². The number of hydrogen-bond donors (Lipinski definition) is 1. The average Bonchev–Trinajstić information content (AvgIpc) is 3.00. The summed E-state index contributed by atoms with van der Waals surface area (Å²) in [5, 5.41) is 2.35. The van der Waals surface area contributed by atoms with Gasteiger partial charge < -0.3 is 10.2 Å². The van der Waals surface area contributed by atoms with E-state index in [2.05, 4.69) is 18.2 Å². The summed E-state index contributed by atoms with van der Waals surface area (Å²) in [6.07, 6.45) is 2.18. The van der Waals surface area contributed by atoms with Crippen LogP contribution in [0.25, 0.3) is 21.9 Å². The van der Waals surface area contributed by atoms with E-state index in [1.165, 1.54) is 16.3 Å². The molecule has 0 unspecified atom stereocenters. The first kappa shape index (κ1) is 9.25. The largest absolute Gasteiger partial charge is 0.456 e. The topological polar surface area (TPSA) is 39.2 Å². The summed E-state index contributed by atoms with van der Waals surface area (Å²) in [4.78, 5) is 0. The maximum atomic E-state index is 6.24. The molecule has 1 aromatic heterocycles. The third kappa shape index (κ3) is 1.25. The van der Waals surface area contributed by atoms with Crippen LogP contribution in [0.3, 0.4) is 0 Å². The molecule has 2 N–H and O–H groups in total. The monoisotopic (exact) mass is 223 g/mol. The quantitative estimate of drug-likeness (QED) is 0.685. The van der Waals surface area contributed by atoms with Gasteiger partial charge in [0.1, 0.15) is 11.2 Å². The predicted molar refractivity (Wildman–Crippen MR) is 68.8 cm³/mol. The van der Waals surface area contributed by atoms with Crippen molar-refractivity contribution in [2.75, 3.05) is 0 Å². The van der Waals surface area contributed by atoms with Crippen LogP contribution in [0.15, 0.2) is 46.9 Å². The molecule has 2 nitrogen and oxygen atoms in total. The van der Waals surface area contributed by atoms with Crippen LogP contribution in [0, 0.1) is 0 Å². The third-order valence-corrected chi connectivity index (χ3v) is 3.74. The van der Waals surface area contributed by atoms with Gasteiger partial charge in [-0.15, -0.1) is 0 Å². The Morgan fingerprint density at radius 1 is 0.941 bits per heavy atom. The lowest BCUT2D eigenvalue weighted by molar-refractivity contribution is 0.668. The molecule has 1 saturated carbocycles. The number of nitrogens with two attached hydrogens (primary N) is 1. The lowest BCUT2D eigenvalue weighted by Gasteiger charge is -2.08. The molecule has 2 aromatic carbocycles. The molecule has 0 bridgehead atoms. The second-order valence-corrected chi connectivity index (χ2v) is 4.97. The summed E-state index contributed by atoms with van der Waals surface area (Å²) < 4.78 is 5.80. The molecule has 1 heterocycles. The second-order valence-electron chi connectivity index (χ2n) is 4.97. The Hall–Kier alpha value is -1.80. The van der Waals surface area contributed by atoms with Crippen molar-refractivity contribution in [3.63, 3.8) is 0 Å². The molecule has 2 heteroatoms. The van der Waals surface area contributed by atoms with E-state index in [-0.39, 0.29) is 5.54 Å². The van der Waals surface area contributed by atoms with Gasteiger partial charge in [-0.3, -0.25) is 0 Å². The van der Waals surface area contributed by atoms with Gasteiger partial charge in [0.15, 0.2) is 0 Å². The van der Waals surface area contributed by atoms with Crippen molar-refractivity contribution in [1.82, 2.24) is 0 Å². The highest BCUT2D eigenvalue weighted by Crippen LogP contribution is 2.44. The highest BCUT2D eigenvalue weighted by molar-refractivity contribution is 6.05. The molecule has 84 valence electrons. The number of rotatable bonds is 1. The van der Waals surface area contributed by atoms with Crippen molar-refractivity contribution < 1.29 is 4.42 Å². The van der Waals surface area contributed by atoms with Crippen LogP contribution in [0.4, 0.5) is 0 Å². The molecule has 1 aliphatic carbocycles. The molecule has 1 fully saturated rings. The minimum Gasteiger partial charge on any atom is -0.456 e. The Bertz CT molecular complexity index is 722. The summed E-state index contributed by atoms with van der Waals surface area (Å²) in [6, 6.07) is 14.5. The van der Waals surface area contributed by atoms with Crippen LogP contribution >= 0.6 is 0 Å². The normalized spacial score (nSPS) is 17.7. The summed E-state index contributed by atoms with van der Waals surface area (Å²) >= 11 is 0. The molecular weight excluding hydrogens is 210 g/mol. The highest BCUT2D eigenvalue weighted by Gasteiger charge is 2.40. The van der Waals surface area contributed by atoms with Crippen molar-refractivity contribution >= 4 is 21.9 Å². The fraction of sp³-hybridized carbons (Fsp3) is 0.200. The van der Waals surface area contributed by atoms with Crippen LogP contribution in [0.2, 0.25) is 0 Å². The van der Waals surface area contributed by atoms with Gasteiger partial charge in [0.2, 0.25) is 0 Å². The molecule has 0 amide bonds. The lowest BCUT2D eigenvalue weighted by atomic mass is 10.0. The zero-order chi connectivity index (χ0) is 11.5. The average molecular weight is 223 g/mol. The van der Waals surface area contributed by atoms with Crippen molar-refractivity contribution in [3.8, 4) is 0 Å². The summed E-state index contributed by atoms with van der Waals surface area (Å²) in [5.74, 6) is 0. The molecule has 3 aromatic rings. The smallest absolute Gasteiger partial charge is 0.135 e. The first-order valence-corrected chi connectivity index (χ1v) is 5.97. The number of para-hydroxylation sites is 1. The molecular formula is C15H13NO. The Balaban J connectivity index is 2.07. The zero-order valence-corrected chi connectivity index (χ0v) is 9.44. The Kier molecular flexibility index (Phi) is 1.58. The first-order chi connectivity index (χ1) is 8.26. The maximum Gasteiger partial charge on any atom is 0.135 e. The molecule has 4 rings (SSSR count). The van der Waals surface area contributed by atoms with Crippen LogP contribution in [0.5, 0.6) is 0 Å². The maximum absolute atomic E-state index is 6.24. The van der Waals surface area contributed by atoms with E-state index >= 15 is 0 Å². The zero-order valence-electron chi connectivity index (χ0n) is 9.44. The van der Waals surface area contributed by atoms with E-state index in [1.807, 2.05) is 24.3 Å². The fourth-order valence-corrected chi connectivity index (χ4v) is 2.46. The van der Waals surface area contributed by atoms with Gasteiger partial charge in [0.05, 0.1) is 0 Å². The fourth-order valence-electron chi connectivity index (χ4n) is 2.46. The van der Waals surface area contributed by atoms with Crippen molar-refractivity contribution in [1.29, 1.82) is 0 Å². The van der Waals surface area contributed by atoms with Gasteiger partial charge in [0.25, 0.3) is 0 Å². The molecule has 17 heavy (non-hydrogen) atoms. The molecule has 0 aliphatic heterocycles. The second kappa shape index (κ2) is 2.90. The summed E-state index contributed by atoms with van der Waals surface area (Å²) in [6.45, 7) is 0. The van der Waals surface area contributed by atoms with Crippen LogP contribution in [-0.4, -0.2) is 0 Å². The van der Waals surface area contributed by atoms with Crippen LogP contribution in [0.1, 0.15) is 18.4 Å². The third-order valence-electron chi connectivity index (χ3n) is 3.74. The summed E-state index contributed by atoms with van der Waals surface area (Å²) in [5.41, 5.74) is 9.29. The number of furan rings is 1. The number of fused-ring (bicyclic) bond motifs is 3. The summed E-state index contributed by atoms with van der Waals surface area (Å²) in [7, 11) is 0. The molecule has 0 atom stereocenters. The van der Waals surface area contributed by atoms with Gasteiger partial charge in [-0.25, -0.2) is 0 Å². The van der Waals surface area contributed by atoms with Gasteiger partial charge in [0, 0.05) is 16.3 Å². The van der Waals surface area contributed by atoms with Crippen molar-refractivity contribution in [2.24, 2.45) is 5.73 Å². The molecule has 0 spiro atoms. The Morgan fingerprint density at radius 3 is 2.53 bits per heavy atom. The van der Waals surface area contributed by atoms with Crippen LogP contribution in [-0.2, 0) is 5.54 Å². The van der Waals surface area contributed by atoms with E-state index in [4.69, 9.17) is 10.2 Å². The van der Waals surface area contributed by atoms with Gasteiger partial charge >= 0.3 is 0 Å². The van der Waals surface area contributed by atoms with Gasteiger partial charge in [-0.2, -0.15) is 0 Å². The van der Waals surface area contributed by atoms with E-state index in [9.17, 15) is 0 Å². The van der Waals surface area contributed by atoms with E-state index in [1.54, 1.807) is 0 Å². The van der Waals surface area contributed by atoms with Crippen molar-refractivity contribution in [3.05, 3.63) is 48.0 Å². The highest BCUT2D eigenvalue weighted by atomic mass is 16.3. The first-order valence-electron chi connectivity index (χ1n) is 5.97. The number of hydrogen-bond acceptors (Lipinski definition) is 2. The molecule has 0 saturated heterocycles. The van der Waals surface area contributed by atoms with Gasteiger partial charge in [-0.05, 0) is 36.6 Å². The lowest BCUT2D eigenvalue weighted by Crippen LogP contribution is -2.18. The molecule has 1 aliphatic rings. The minimum absolute atomic E-state index is 0.0768. The molecule has 0 radical (unpaired) electrons.